The van der Waals surface area contributed by atoms with Gasteiger partial charge in [-0.05, 0) is 59.1 Å². The van der Waals surface area contributed by atoms with Gasteiger partial charge in [0.25, 0.3) is 0 Å². The molecule has 0 N–H and O–H groups in total. The van der Waals surface area contributed by atoms with Gasteiger partial charge in [0.05, 0.1) is 16.7 Å². The summed E-state index contributed by atoms with van der Waals surface area (Å²) in [5.41, 5.74) is 0.683. The summed E-state index contributed by atoms with van der Waals surface area (Å²) >= 11 is 0. The molecule has 0 radical (unpaired) electrons. The number of carbonyl (C=O) groups is 1. The van der Waals surface area contributed by atoms with E-state index in [0.717, 1.165) is 5.82 Å². The molecule has 0 bridgehead atoms. The summed E-state index contributed by atoms with van der Waals surface area (Å²) in [4.78, 5) is 18.4. The highest BCUT2D eigenvalue weighted by atomic mass is 19.1. The van der Waals surface area contributed by atoms with Crippen LogP contribution in [0.15, 0.2) is 12.1 Å². The average Bonchev–Trinajstić information content (AvgIpc) is 3.20. The lowest BCUT2D eigenvalue weighted by Crippen LogP contribution is -2.41. The summed E-state index contributed by atoms with van der Waals surface area (Å²) in [5, 5.41) is 0. The molecule has 1 aromatic carbocycles. The Morgan fingerprint density at radius 3 is 2.34 bits per heavy atom. The van der Waals surface area contributed by atoms with Gasteiger partial charge < -0.3 is 18.8 Å². The molecule has 2 aromatic rings. The van der Waals surface area contributed by atoms with Crippen LogP contribution in [0, 0.1) is 5.82 Å². The average molecular weight is 401 g/mol. The van der Waals surface area contributed by atoms with Crippen LogP contribution in [0.4, 0.5) is 4.39 Å². The van der Waals surface area contributed by atoms with Crippen LogP contribution in [-0.4, -0.2) is 52.3 Å². The topological polar surface area (TPSA) is 56.6 Å². The standard InChI is InChI=1S/C21H29BFN3O3/c1-12(2)26-16-10-14(22-28-20(3,4)21(5,6)29-22)9-15(23)18(16)24-19(26)13-8-17(27)25(7)11-13/h9-10,12-13H,8,11H2,1-7H3. The SMILES string of the molecule is CC(C)n1c(C2CC(=O)N(C)C2)nc2c(F)cc(B3OC(C)(C)C(C)(C)O3)cc21. The Bertz CT molecular complexity index is 969. The van der Waals surface area contributed by atoms with Gasteiger partial charge in [-0.3, -0.25) is 4.79 Å². The van der Waals surface area contributed by atoms with Gasteiger partial charge in [-0.15, -0.1) is 0 Å². The van der Waals surface area contributed by atoms with E-state index < -0.39 is 24.1 Å². The van der Waals surface area contributed by atoms with Gasteiger partial charge in [0.2, 0.25) is 5.91 Å². The Balaban J connectivity index is 1.82. The van der Waals surface area contributed by atoms with Gasteiger partial charge >= 0.3 is 7.12 Å². The van der Waals surface area contributed by atoms with E-state index >= 15 is 4.39 Å². The summed E-state index contributed by atoms with van der Waals surface area (Å²) in [5.74, 6) is 0.418. The van der Waals surface area contributed by atoms with Crippen molar-refractivity contribution in [3.05, 3.63) is 23.8 Å². The van der Waals surface area contributed by atoms with Crippen molar-refractivity contribution in [2.45, 2.75) is 71.1 Å². The van der Waals surface area contributed by atoms with Crippen LogP contribution in [0.1, 0.15) is 65.7 Å². The Kier molecular flexibility index (Phi) is 4.59. The first-order valence-corrected chi connectivity index (χ1v) is 10.2. The van der Waals surface area contributed by atoms with Gasteiger partial charge in [-0.1, -0.05) is 0 Å². The zero-order valence-electron chi connectivity index (χ0n) is 18.2. The van der Waals surface area contributed by atoms with E-state index in [1.54, 1.807) is 11.9 Å². The van der Waals surface area contributed by atoms with Crippen molar-refractivity contribution in [2.75, 3.05) is 13.6 Å². The maximum atomic E-state index is 15.1. The lowest BCUT2D eigenvalue weighted by Gasteiger charge is -2.32. The summed E-state index contributed by atoms with van der Waals surface area (Å²) < 4.78 is 29.4. The highest BCUT2D eigenvalue weighted by Crippen LogP contribution is 2.37. The number of hydrogen-bond acceptors (Lipinski definition) is 4. The molecule has 1 aromatic heterocycles. The maximum Gasteiger partial charge on any atom is 0.495 e. The van der Waals surface area contributed by atoms with E-state index in [4.69, 9.17) is 9.31 Å². The van der Waals surface area contributed by atoms with Gasteiger partial charge in [-0.25, -0.2) is 9.37 Å². The second kappa shape index (κ2) is 6.54. The molecule has 156 valence electrons. The molecule has 0 saturated carbocycles. The van der Waals surface area contributed by atoms with Crippen LogP contribution in [0.25, 0.3) is 11.0 Å². The van der Waals surface area contributed by atoms with Gasteiger partial charge in [-0.2, -0.15) is 0 Å². The number of rotatable bonds is 3. The van der Waals surface area contributed by atoms with Gasteiger partial charge in [0.1, 0.15) is 11.3 Å². The van der Waals surface area contributed by atoms with Crippen LogP contribution in [0.2, 0.25) is 0 Å². The summed E-state index contributed by atoms with van der Waals surface area (Å²) in [6.45, 7) is 12.6. The predicted molar refractivity (Wildman–Crippen MR) is 111 cm³/mol. The second-order valence-corrected chi connectivity index (χ2v) is 9.57. The number of likely N-dealkylation sites (tertiary alicyclic amines) is 1. The van der Waals surface area contributed by atoms with Crippen LogP contribution in [0.5, 0.6) is 0 Å². The van der Waals surface area contributed by atoms with Crippen molar-refractivity contribution in [1.82, 2.24) is 14.5 Å². The fourth-order valence-corrected chi connectivity index (χ4v) is 4.17. The van der Waals surface area contributed by atoms with Crippen LogP contribution < -0.4 is 5.46 Å². The summed E-state index contributed by atoms with van der Waals surface area (Å²) in [6, 6.07) is 3.44. The molecule has 8 heteroatoms. The molecular weight excluding hydrogens is 372 g/mol. The first-order valence-electron chi connectivity index (χ1n) is 10.2. The third-order valence-electron chi connectivity index (χ3n) is 6.55. The minimum absolute atomic E-state index is 0.0398. The third kappa shape index (κ3) is 3.17. The minimum Gasteiger partial charge on any atom is -0.399 e. The number of carbonyl (C=O) groups excluding carboxylic acids is 1. The quantitative estimate of drug-likeness (QED) is 0.743. The lowest BCUT2D eigenvalue weighted by molar-refractivity contribution is -0.126. The smallest absolute Gasteiger partial charge is 0.399 e. The third-order valence-corrected chi connectivity index (χ3v) is 6.55. The molecule has 0 aliphatic carbocycles. The zero-order chi connectivity index (χ0) is 21.3. The molecule has 2 aliphatic rings. The van der Waals surface area contributed by atoms with Crippen LogP contribution >= 0.6 is 0 Å². The molecule has 1 unspecified atom stereocenters. The molecule has 2 fully saturated rings. The minimum atomic E-state index is -0.642. The van der Waals surface area contributed by atoms with E-state index in [-0.39, 0.29) is 17.9 Å². The van der Waals surface area contributed by atoms with Crippen LogP contribution in [-0.2, 0) is 14.1 Å². The van der Waals surface area contributed by atoms with E-state index in [9.17, 15) is 4.79 Å². The number of halogens is 1. The largest absolute Gasteiger partial charge is 0.495 e. The number of likely N-dealkylation sites (N-methyl/N-ethyl adjacent to an activating group) is 1. The van der Waals surface area contributed by atoms with E-state index in [1.165, 1.54) is 6.07 Å². The van der Waals surface area contributed by atoms with E-state index in [0.29, 0.717) is 29.5 Å². The van der Waals surface area contributed by atoms with Gasteiger partial charge in [0.15, 0.2) is 5.82 Å². The number of aromatic nitrogens is 2. The fourth-order valence-electron chi connectivity index (χ4n) is 4.17. The number of imidazole rings is 1. The zero-order valence-corrected chi connectivity index (χ0v) is 18.2. The molecule has 2 saturated heterocycles. The van der Waals surface area contributed by atoms with E-state index in [1.807, 2.05) is 52.2 Å². The fraction of sp³-hybridized carbons (Fsp3) is 0.619. The van der Waals surface area contributed by atoms with Crippen molar-refractivity contribution in [2.24, 2.45) is 0 Å². The molecule has 0 spiro atoms. The van der Waals surface area contributed by atoms with Crippen LogP contribution in [0.3, 0.4) is 0 Å². The van der Waals surface area contributed by atoms with Crippen molar-refractivity contribution in [3.63, 3.8) is 0 Å². The number of nitrogens with zero attached hydrogens (tertiary/aromatic N) is 3. The number of benzene rings is 1. The highest BCUT2D eigenvalue weighted by molar-refractivity contribution is 6.62. The van der Waals surface area contributed by atoms with Crippen molar-refractivity contribution in [3.8, 4) is 0 Å². The molecule has 3 heterocycles. The lowest BCUT2D eigenvalue weighted by atomic mass is 9.79. The molecule has 2 aliphatic heterocycles. The van der Waals surface area contributed by atoms with Crippen molar-refractivity contribution in [1.29, 1.82) is 0 Å². The normalized spacial score (nSPS) is 23.8. The Hall–Kier alpha value is -1.93. The Morgan fingerprint density at radius 2 is 1.83 bits per heavy atom. The highest BCUT2D eigenvalue weighted by Gasteiger charge is 2.52. The number of hydrogen-bond donors (Lipinski definition) is 0. The molecular formula is C21H29BFN3O3. The molecule has 4 rings (SSSR count). The first kappa shape index (κ1) is 20.4. The predicted octanol–water partition coefficient (Wildman–Crippen LogP) is 3.00. The summed E-state index contributed by atoms with van der Waals surface area (Å²) in [6.07, 6.45) is 0.401. The number of amides is 1. The van der Waals surface area contributed by atoms with E-state index in [2.05, 4.69) is 4.98 Å². The molecule has 1 amide bonds. The summed E-state index contributed by atoms with van der Waals surface area (Å²) in [7, 11) is 1.15. The molecule has 6 nitrogen and oxygen atoms in total. The van der Waals surface area contributed by atoms with Crippen molar-refractivity contribution >= 4 is 29.5 Å². The monoisotopic (exact) mass is 401 g/mol. The molecule has 29 heavy (non-hydrogen) atoms. The maximum absolute atomic E-state index is 15.1. The second-order valence-electron chi connectivity index (χ2n) is 9.57. The first-order chi connectivity index (χ1) is 13.4. The Labute approximate surface area is 171 Å². The van der Waals surface area contributed by atoms with Gasteiger partial charge in [0, 0.05) is 32.0 Å². The number of fused-ring (bicyclic) bond motifs is 1. The van der Waals surface area contributed by atoms with Crippen molar-refractivity contribution < 1.29 is 18.5 Å². The molecule has 1 atom stereocenters. The Morgan fingerprint density at radius 1 is 1.21 bits per heavy atom.